The Morgan fingerprint density at radius 1 is 1.25 bits per heavy atom. The van der Waals surface area contributed by atoms with Gasteiger partial charge in [-0.2, -0.15) is 0 Å². The molecule has 0 fully saturated rings. The summed E-state index contributed by atoms with van der Waals surface area (Å²) in [5, 5.41) is 4.29. The van der Waals surface area contributed by atoms with Crippen molar-refractivity contribution in [1.29, 1.82) is 0 Å². The summed E-state index contributed by atoms with van der Waals surface area (Å²) in [7, 11) is 0. The summed E-state index contributed by atoms with van der Waals surface area (Å²) in [6.45, 7) is 7.15. The second-order valence-corrected chi connectivity index (χ2v) is 9.58. The summed E-state index contributed by atoms with van der Waals surface area (Å²) in [6, 6.07) is 11.0. The second kappa shape index (κ2) is 9.70. The first-order valence-corrected chi connectivity index (χ1v) is 12.2. The van der Waals surface area contributed by atoms with E-state index in [0.717, 1.165) is 16.0 Å². The van der Waals surface area contributed by atoms with Crippen molar-refractivity contribution >= 4 is 55.1 Å². The van der Waals surface area contributed by atoms with Crippen LogP contribution in [0.2, 0.25) is 0 Å². The van der Waals surface area contributed by atoms with Gasteiger partial charge in [0.05, 0.1) is 17.9 Å². The number of hydrogen-bond acceptors (Lipinski definition) is 7. The third-order valence-electron chi connectivity index (χ3n) is 4.65. The standard InChI is InChI=1S/C23H24N4O3S2/c1-4-30-16-9-7-15(8-10-16)25-18(28)13-31-23-26-19-17-6-5-11-24-21(17)32-20(19)22(29)27(23)12-14(2)3/h5-11,14H,4,12-13H2,1-3H3,(H,25,28). The minimum absolute atomic E-state index is 0.0823. The van der Waals surface area contributed by atoms with E-state index in [1.165, 1.54) is 23.1 Å². The molecule has 166 valence electrons. The number of rotatable bonds is 8. The molecule has 0 aliphatic rings. The molecule has 0 saturated carbocycles. The maximum absolute atomic E-state index is 13.3. The van der Waals surface area contributed by atoms with Gasteiger partial charge in [-0.15, -0.1) is 11.3 Å². The van der Waals surface area contributed by atoms with Gasteiger partial charge in [0, 0.05) is 23.8 Å². The van der Waals surface area contributed by atoms with Crippen LogP contribution in [-0.4, -0.2) is 32.8 Å². The Balaban J connectivity index is 1.58. The number of hydrogen-bond donors (Lipinski definition) is 1. The number of benzene rings is 1. The van der Waals surface area contributed by atoms with Gasteiger partial charge in [-0.05, 0) is 49.2 Å². The maximum atomic E-state index is 13.3. The molecular formula is C23H24N4O3S2. The Kier molecular flexibility index (Phi) is 6.76. The van der Waals surface area contributed by atoms with Crippen LogP contribution in [-0.2, 0) is 11.3 Å². The van der Waals surface area contributed by atoms with Crippen molar-refractivity contribution in [2.45, 2.75) is 32.5 Å². The van der Waals surface area contributed by atoms with E-state index in [4.69, 9.17) is 9.72 Å². The largest absolute Gasteiger partial charge is 0.494 e. The zero-order valence-electron chi connectivity index (χ0n) is 18.1. The lowest BCUT2D eigenvalue weighted by molar-refractivity contribution is -0.113. The van der Waals surface area contributed by atoms with Gasteiger partial charge in [0.2, 0.25) is 5.91 Å². The summed E-state index contributed by atoms with van der Waals surface area (Å²) >= 11 is 2.63. The zero-order chi connectivity index (χ0) is 22.7. The number of nitrogens with zero attached hydrogens (tertiary/aromatic N) is 3. The highest BCUT2D eigenvalue weighted by molar-refractivity contribution is 7.99. The van der Waals surface area contributed by atoms with Crippen molar-refractivity contribution in [2.75, 3.05) is 17.7 Å². The Labute approximate surface area is 193 Å². The molecule has 0 aliphatic heterocycles. The predicted molar refractivity (Wildman–Crippen MR) is 131 cm³/mol. The van der Waals surface area contributed by atoms with Crippen LogP contribution in [0.4, 0.5) is 5.69 Å². The minimum atomic E-state index is -0.165. The van der Waals surface area contributed by atoms with Crippen LogP contribution in [0, 0.1) is 5.92 Å². The molecule has 4 rings (SSSR count). The highest BCUT2D eigenvalue weighted by Crippen LogP contribution is 2.30. The first-order chi connectivity index (χ1) is 15.5. The van der Waals surface area contributed by atoms with Crippen molar-refractivity contribution in [2.24, 2.45) is 5.92 Å². The van der Waals surface area contributed by atoms with Gasteiger partial charge in [0.25, 0.3) is 5.56 Å². The molecule has 3 heterocycles. The predicted octanol–water partition coefficient (Wildman–Crippen LogP) is 4.79. The normalized spacial score (nSPS) is 11.4. The van der Waals surface area contributed by atoms with E-state index in [2.05, 4.69) is 24.1 Å². The quantitative estimate of drug-likeness (QED) is 0.296. The molecule has 0 unspecified atom stereocenters. The fourth-order valence-electron chi connectivity index (χ4n) is 3.31. The molecule has 0 saturated heterocycles. The average molecular weight is 469 g/mol. The molecule has 1 amide bonds. The first-order valence-electron chi connectivity index (χ1n) is 10.4. The number of ether oxygens (including phenoxy) is 1. The molecule has 9 heteroatoms. The third kappa shape index (κ3) is 4.78. The zero-order valence-corrected chi connectivity index (χ0v) is 19.8. The topological polar surface area (TPSA) is 86.1 Å². The van der Waals surface area contributed by atoms with Crippen LogP contribution in [0.3, 0.4) is 0 Å². The molecule has 1 N–H and O–H groups in total. The number of amides is 1. The van der Waals surface area contributed by atoms with E-state index in [-0.39, 0.29) is 23.1 Å². The van der Waals surface area contributed by atoms with Gasteiger partial charge >= 0.3 is 0 Å². The number of pyridine rings is 1. The van der Waals surface area contributed by atoms with E-state index >= 15 is 0 Å². The van der Waals surface area contributed by atoms with Crippen molar-refractivity contribution in [3.63, 3.8) is 0 Å². The molecule has 1 aromatic carbocycles. The van der Waals surface area contributed by atoms with Gasteiger partial charge in [0.15, 0.2) is 5.16 Å². The Morgan fingerprint density at radius 3 is 2.75 bits per heavy atom. The number of carbonyl (C=O) groups is 1. The van der Waals surface area contributed by atoms with E-state index in [0.29, 0.717) is 34.2 Å². The number of thiophene rings is 1. The van der Waals surface area contributed by atoms with Gasteiger partial charge < -0.3 is 10.1 Å². The van der Waals surface area contributed by atoms with E-state index in [9.17, 15) is 9.59 Å². The van der Waals surface area contributed by atoms with Crippen molar-refractivity contribution in [3.8, 4) is 5.75 Å². The fourth-order valence-corrected chi connectivity index (χ4v) is 5.14. The third-order valence-corrected chi connectivity index (χ3v) is 6.71. The monoisotopic (exact) mass is 468 g/mol. The van der Waals surface area contributed by atoms with Gasteiger partial charge in [-0.1, -0.05) is 25.6 Å². The van der Waals surface area contributed by atoms with Crippen LogP contribution in [0.1, 0.15) is 20.8 Å². The molecule has 3 aromatic heterocycles. The lowest BCUT2D eigenvalue weighted by Crippen LogP contribution is -2.25. The van der Waals surface area contributed by atoms with Crippen LogP contribution in [0.15, 0.2) is 52.5 Å². The molecule has 0 radical (unpaired) electrons. The average Bonchev–Trinajstić information content (AvgIpc) is 3.15. The van der Waals surface area contributed by atoms with Gasteiger partial charge in [-0.3, -0.25) is 14.2 Å². The highest BCUT2D eigenvalue weighted by Gasteiger charge is 2.18. The Hall–Kier alpha value is -2.91. The van der Waals surface area contributed by atoms with Crippen LogP contribution < -0.4 is 15.6 Å². The summed E-state index contributed by atoms with van der Waals surface area (Å²) in [6.07, 6.45) is 1.71. The van der Waals surface area contributed by atoms with Gasteiger partial charge in [0.1, 0.15) is 15.3 Å². The Morgan fingerprint density at radius 2 is 2.03 bits per heavy atom. The summed E-state index contributed by atoms with van der Waals surface area (Å²) < 4.78 is 7.70. The smallest absolute Gasteiger partial charge is 0.272 e. The SMILES string of the molecule is CCOc1ccc(NC(=O)CSc2nc3c(sc4ncccc43)c(=O)n2CC(C)C)cc1. The molecule has 0 aliphatic carbocycles. The van der Waals surface area contributed by atoms with E-state index < -0.39 is 0 Å². The fraction of sp³-hybridized carbons (Fsp3) is 0.304. The molecule has 0 bridgehead atoms. The van der Waals surface area contributed by atoms with Crippen LogP contribution in [0.25, 0.3) is 20.4 Å². The molecule has 0 spiro atoms. The van der Waals surface area contributed by atoms with Crippen LogP contribution in [0.5, 0.6) is 5.75 Å². The first kappa shape index (κ1) is 22.3. The van der Waals surface area contributed by atoms with E-state index in [1.807, 2.05) is 31.2 Å². The number of thioether (sulfide) groups is 1. The Bertz CT molecular complexity index is 1310. The number of fused-ring (bicyclic) bond motifs is 3. The number of aromatic nitrogens is 3. The van der Waals surface area contributed by atoms with Crippen molar-refractivity contribution in [1.82, 2.24) is 14.5 Å². The van der Waals surface area contributed by atoms with Gasteiger partial charge in [-0.25, -0.2) is 9.97 Å². The summed E-state index contributed by atoms with van der Waals surface area (Å²) in [5.74, 6) is 0.995. The van der Waals surface area contributed by atoms with Crippen LogP contribution >= 0.6 is 23.1 Å². The molecule has 32 heavy (non-hydrogen) atoms. The summed E-state index contributed by atoms with van der Waals surface area (Å²) in [4.78, 5) is 35.8. The minimum Gasteiger partial charge on any atom is -0.494 e. The number of nitrogens with one attached hydrogen (secondary N) is 1. The number of anilines is 1. The molecule has 7 nitrogen and oxygen atoms in total. The van der Waals surface area contributed by atoms with Crippen molar-refractivity contribution in [3.05, 3.63) is 52.9 Å². The molecule has 4 aromatic rings. The second-order valence-electron chi connectivity index (χ2n) is 7.63. The lowest BCUT2D eigenvalue weighted by atomic mass is 10.2. The number of carbonyl (C=O) groups excluding carboxylic acids is 1. The highest BCUT2D eigenvalue weighted by atomic mass is 32.2. The molecule has 0 atom stereocenters. The van der Waals surface area contributed by atoms with E-state index in [1.54, 1.807) is 22.9 Å². The molecular weight excluding hydrogens is 444 g/mol. The maximum Gasteiger partial charge on any atom is 0.272 e. The van der Waals surface area contributed by atoms with Crippen molar-refractivity contribution < 1.29 is 9.53 Å². The summed E-state index contributed by atoms with van der Waals surface area (Å²) in [5.41, 5.74) is 1.26. The lowest BCUT2D eigenvalue weighted by Gasteiger charge is -2.14.